The van der Waals surface area contributed by atoms with Gasteiger partial charge in [-0.25, -0.2) is 4.98 Å². The first kappa shape index (κ1) is 14.2. The summed E-state index contributed by atoms with van der Waals surface area (Å²) in [6.07, 6.45) is 1.23. The van der Waals surface area contributed by atoms with Crippen molar-refractivity contribution in [1.82, 2.24) is 9.97 Å². The first-order valence-corrected chi connectivity index (χ1v) is 6.38. The van der Waals surface area contributed by atoms with Crippen molar-refractivity contribution in [1.29, 1.82) is 0 Å². The number of hydrogen-bond acceptors (Lipinski definition) is 6. The monoisotopic (exact) mass is 338 g/mol. The summed E-state index contributed by atoms with van der Waals surface area (Å²) in [5, 5.41) is 11.2. The Balaban J connectivity index is 2.43. The lowest BCUT2D eigenvalue weighted by Gasteiger charge is -2.12. The number of rotatable bonds is 4. The van der Waals surface area contributed by atoms with Crippen molar-refractivity contribution in [3.63, 3.8) is 0 Å². The predicted molar refractivity (Wildman–Crippen MR) is 77.2 cm³/mol. The molecule has 1 heterocycles. The molecular formula is C12H11BrN4O3. The van der Waals surface area contributed by atoms with E-state index in [1.807, 2.05) is 0 Å². The van der Waals surface area contributed by atoms with Crippen molar-refractivity contribution in [2.45, 2.75) is 0 Å². The summed E-state index contributed by atoms with van der Waals surface area (Å²) in [5.74, 6) is 0.563. The highest BCUT2D eigenvalue weighted by Gasteiger charge is 2.26. The second kappa shape index (κ2) is 5.83. The summed E-state index contributed by atoms with van der Waals surface area (Å²) < 4.78 is 6.36. The molecule has 0 aliphatic rings. The van der Waals surface area contributed by atoms with Gasteiger partial charge in [0.2, 0.25) is 5.82 Å². The Hall–Kier alpha value is -2.22. The van der Waals surface area contributed by atoms with Gasteiger partial charge in [0, 0.05) is 18.6 Å². The third-order valence-electron chi connectivity index (χ3n) is 2.40. The van der Waals surface area contributed by atoms with Crippen molar-refractivity contribution in [2.75, 3.05) is 19.0 Å². The van der Waals surface area contributed by atoms with Gasteiger partial charge in [0.15, 0.2) is 0 Å². The summed E-state index contributed by atoms with van der Waals surface area (Å²) in [6, 6.07) is 6.92. The fraction of sp³-hybridized carbons (Fsp3) is 0.167. The Kier molecular flexibility index (Phi) is 4.14. The molecule has 0 saturated heterocycles. The number of halogens is 1. The van der Waals surface area contributed by atoms with Crippen molar-refractivity contribution < 1.29 is 9.66 Å². The van der Waals surface area contributed by atoms with Crippen molar-refractivity contribution >= 4 is 27.4 Å². The molecule has 2 rings (SSSR count). The topological polar surface area (TPSA) is 81.4 Å². The Morgan fingerprint density at radius 3 is 2.45 bits per heavy atom. The molecule has 0 fully saturated rings. The zero-order valence-electron chi connectivity index (χ0n) is 10.8. The largest absolute Gasteiger partial charge is 0.434 e. The lowest BCUT2D eigenvalue weighted by Crippen LogP contribution is -2.14. The zero-order chi connectivity index (χ0) is 14.7. The first-order chi connectivity index (χ1) is 9.49. The minimum absolute atomic E-state index is 0.0870. The smallest absolute Gasteiger partial charge is 0.373 e. The molecule has 0 saturated carbocycles. The molecule has 0 aliphatic heterocycles. The number of nitro groups is 1. The van der Waals surface area contributed by atoms with Gasteiger partial charge in [-0.2, -0.15) is 4.98 Å². The number of ether oxygens (including phenoxy) is 1. The summed E-state index contributed by atoms with van der Waals surface area (Å²) in [7, 11) is 3.33. The highest BCUT2D eigenvalue weighted by Crippen LogP contribution is 2.35. The van der Waals surface area contributed by atoms with Crippen LogP contribution < -0.4 is 9.64 Å². The molecule has 104 valence electrons. The van der Waals surface area contributed by atoms with E-state index in [9.17, 15) is 10.1 Å². The quantitative estimate of drug-likeness (QED) is 0.629. The third kappa shape index (κ3) is 3.02. The predicted octanol–water partition coefficient (Wildman–Crippen LogP) is 3.01. The first-order valence-electron chi connectivity index (χ1n) is 5.59. The Morgan fingerprint density at radius 1 is 1.25 bits per heavy atom. The van der Waals surface area contributed by atoms with Gasteiger partial charge >= 0.3 is 11.6 Å². The fourth-order valence-corrected chi connectivity index (χ4v) is 1.79. The van der Waals surface area contributed by atoms with Crippen molar-refractivity contribution in [3.8, 4) is 11.6 Å². The minimum Gasteiger partial charge on any atom is -0.434 e. The van der Waals surface area contributed by atoms with Crippen LogP contribution in [-0.2, 0) is 0 Å². The number of nitrogens with zero attached hydrogens (tertiary/aromatic N) is 4. The average Bonchev–Trinajstić information content (AvgIpc) is 2.40. The molecule has 0 bridgehead atoms. The lowest BCUT2D eigenvalue weighted by molar-refractivity contribution is -0.385. The van der Waals surface area contributed by atoms with E-state index in [1.54, 1.807) is 38.4 Å². The SMILES string of the molecule is CN(C)c1ncnc(Oc2ccc(Br)cc2)c1[N+](=O)[O-]. The molecule has 1 aromatic carbocycles. The van der Waals surface area contributed by atoms with Crippen LogP contribution in [0.5, 0.6) is 11.6 Å². The van der Waals surface area contributed by atoms with E-state index in [0.717, 1.165) is 4.47 Å². The highest BCUT2D eigenvalue weighted by molar-refractivity contribution is 9.10. The van der Waals surface area contributed by atoms with E-state index < -0.39 is 4.92 Å². The van der Waals surface area contributed by atoms with E-state index in [1.165, 1.54) is 11.2 Å². The standard InChI is InChI=1S/C12H11BrN4O3/c1-16(2)11-10(17(18)19)12(15-7-14-11)20-9-5-3-8(13)4-6-9/h3-7H,1-2H3. The maximum absolute atomic E-state index is 11.2. The molecule has 8 heteroatoms. The second-order valence-corrected chi connectivity index (χ2v) is 4.97. The van der Waals surface area contributed by atoms with Crippen LogP contribution in [0.1, 0.15) is 0 Å². The van der Waals surface area contributed by atoms with Gasteiger partial charge in [0.05, 0.1) is 4.92 Å². The third-order valence-corrected chi connectivity index (χ3v) is 2.93. The fourth-order valence-electron chi connectivity index (χ4n) is 1.53. The van der Waals surface area contributed by atoms with Gasteiger partial charge < -0.3 is 9.64 Å². The maximum atomic E-state index is 11.2. The Labute approximate surface area is 123 Å². The maximum Gasteiger partial charge on any atom is 0.373 e. The average molecular weight is 339 g/mol. The van der Waals surface area contributed by atoms with Crippen LogP contribution in [0.25, 0.3) is 0 Å². The molecule has 0 amide bonds. The summed E-state index contributed by atoms with van der Waals surface area (Å²) in [5.41, 5.74) is -0.264. The molecule has 0 N–H and O–H groups in total. The molecule has 0 atom stereocenters. The second-order valence-electron chi connectivity index (χ2n) is 4.06. The van der Waals surface area contributed by atoms with E-state index in [0.29, 0.717) is 5.75 Å². The van der Waals surface area contributed by atoms with Crippen molar-refractivity contribution in [3.05, 3.63) is 45.2 Å². The molecule has 2 aromatic rings. The van der Waals surface area contributed by atoms with Crippen LogP contribution in [0, 0.1) is 10.1 Å². The van der Waals surface area contributed by atoms with Gasteiger partial charge in [-0.3, -0.25) is 10.1 Å². The van der Waals surface area contributed by atoms with Crippen LogP contribution in [-0.4, -0.2) is 29.0 Å². The van der Waals surface area contributed by atoms with Gasteiger partial charge in [0.1, 0.15) is 12.1 Å². The molecular weight excluding hydrogens is 328 g/mol. The molecule has 0 radical (unpaired) electrons. The zero-order valence-corrected chi connectivity index (χ0v) is 12.4. The molecule has 0 unspecified atom stereocenters. The van der Waals surface area contributed by atoms with E-state index >= 15 is 0 Å². The Bertz CT molecular complexity index is 631. The molecule has 1 aromatic heterocycles. The number of aromatic nitrogens is 2. The van der Waals surface area contributed by atoms with Crippen molar-refractivity contribution in [2.24, 2.45) is 0 Å². The van der Waals surface area contributed by atoms with Gasteiger partial charge in [-0.1, -0.05) is 15.9 Å². The van der Waals surface area contributed by atoms with E-state index in [4.69, 9.17) is 4.74 Å². The van der Waals surface area contributed by atoms with Crippen LogP contribution in [0.2, 0.25) is 0 Å². The highest BCUT2D eigenvalue weighted by atomic mass is 79.9. The summed E-state index contributed by atoms with van der Waals surface area (Å²) >= 11 is 3.30. The van der Waals surface area contributed by atoms with Gasteiger partial charge in [0.25, 0.3) is 0 Å². The summed E-state index contributed by atoms with van der Waals surface area (Å²) in [4.78, 5) is 19.9. The van der Waals surface area contributed by atoms with E-state index in [2.05, 4.69) is 25.9 Å². The molecule has 0 aliphatic carbocycles. The number of benzene rings is 1. The van der Waals surface area contributed by atoms with E-state index in [-0.39, 0.29) is 17.4 Å². The van der Waals surface area contributed by atoms with Gasteiger partial charge in [-0.05, 0) is 24.3 Å². The Morgan fingerprint density at radius 2 is 1.90 bits per heavy atom. The van der Waals surface area contributed by atoms with Gasteiger partial charge in [-0.15, -0.1) is 0 Å². The molecule has 0 spiro atoms. The van der Waals surface area contributed by atoms with Crippen LogP contribution in [0.3, 0.4) is 0 Å². The van der Waals surface area contributed by atoms with Crippen LogP contribution in [0.4, 0.5) is 11.5 Å². The molecule has 20 heavy (non-hydrogen) atoms. The molecule has 7 nitrogen and oxygen atoms in total. The van der Waals surface area contributed by atoms with Crippen LogP contribution >= 0.6 is 15.9 Å². The normalized spacial score (nSPS) is 10.2. The minimum atomic E-state index is -0.552. The number of hydrogen-bond donors (Lipinski definition) is 0. The number of anilines is 1. The summed E-state index contributed by atoms with van der Waals surface area (Å²) in [6.45, 7) is 0. The lowest BCUT2D eigenvalue weighted by atomic mass is 10.3. The van der Waals surface area contributed by atoms with Crippen LogP contribution in [0.15, 0.2) is 35.1 Å².